The topological polar surface area (TPSA) is 80.4 Å². The molecule has 21 heavy (non-hydrogen) atoms. The monoisotopic (exact) mass is 327 g/mol. The highest BCUT2D eigenvalue weighted by molar-refractivity contribution is 7.99. The van der Waals surface area contributed by atoms with Crippen molar-refractivity contribution in [1.29, 1.82) is 0 Å². The molecule has 2 aromatic carbocycles. The Morgan fingerprint density at radius 3 is 2.67 bits per heavy atom. The molecule has 0 aliphatic heterocycles. The molecular weight excluding hydrogens is 321 g/mol. The van der Waals surface area contributed by atoms with Crippen LogP contribution in [-0.2, 0) is 0 Å². The lowest BCUT2D eigenvalue weighted by atomic mass is 10.2. The van der Waals surface area contributed by atoms with E-state index in [-0.39, 0.29) is 15.6 Å². The number of carboxylic acid groups (broad SMARTS) is 1. The van der Waals surface area contributed by atoms with Crippen LogP contribution in [0.15, 0.2) is 46.2 Å². The second-order valence-electron chi connectivity index (χ2n) is 3.89. The Morgan fingerprint density at radius 2 is 2.05 bits per heavy atom. The number of hydrogen-bond acceptors (Lipinski definition) is 4. The molecule has 0 aliphatic rings. The van der Waals surface area contributed by atoms with Crippen LogP contribution in [-0.4, -0.2) is 16.0 Å². The molecule has 0 heterocycles. The Bertz CT molecular complexity index is 738. The summed E-state index contributed by atoms with van der Waals surface area (Å²) < 4.78 is 13.3. The minimum absolute atomic E-state index is 0.0226. The summed E-state index contributed by atoms with van der Waals surface area (Å²) in [6.45, 7) is 0. The predicted octanol–water partition coefficient (Wildman–Crippen LogP) is 4.24. The van der Waals surface area contributed by atoms with Gasteiger partial charge in [0.05, 0.1) is 15.4 Å². The van der Waals surface area contributed by atoms with Crippen LogP contribution < -0.4 is 0 Å². The molecule has 8 heteroatoms. The first-order valence-corrected chi connectivity index (χ1v) is 6.73. The third-order valence-corrected chi connectivity index (χ3v) is 3.87. The van der Waals surface area contributed by atoms with Crippen LogP contribution in [0.1, 0.15) is 10.4 Å². The molecule has 5 nitrogen and oxygen atoms in total. The zero-order valence-corrected chi connectivity index (χ0v) is 11.8. The molecule has 2 aromatic rings. The van der Waals surface area contributed by atoms with E-state index in [0.717, 1.165) is 23.9 Å². The molecule has 0 spiro atoms. The lowest BCUT2D eigenvalue weighted by molar-refractivity contribution is -0.387. The van der Waals surface area contributed by atoms with Crippen molar-refractivity contribution in [3.8, 4) is 0 Å². The van der Waals surface area contributed by atoms with Gasteiger partial charge in [0.15, 0.2) is 0 Å². The third-order valence-electron chi connectivity index (χ3n) is 2.53. The van der Waals surface area contributed by atoms with Crippen molar-refractivity contribution in [1.82, 2.24) is 0 Å². The van der Waals surface area contributed by atoms with Crippen LogP contribution in [0, 0.1) is 15.9 Å². The molecule has 0 unspecified atom stereocenters. The summed E-state index contributed by atoms with van der Waals surface area (Å²) in [5.41, 5.74) is -0.768. The van der Waals surface area contributed by atoms with Crippen LogP contribution in [0.5, 0.6) is 0 Å². The maximum absolute atomic E-state index is 13.3. The zero-order chi connectivity index (χ0) is 15.6. The lowest BCUT2D eigenvalue weighted by Gasteiger charge is -2.05. The Labute approximate surface area is 127 Å². The standard InChI is InChI=1S/C13H7ClFNO4S/c14-9-2-1-3-11(12(9)16(19)20)21-7-4-5-10(15)8(6-7)13(17)18/h1-6H,(H,17,18). The number of carboxylic acids is 1. The van der Waals surface area contributed by atoms with Crippen molar-refractivity contribution in [3.63, 3.8) is 0 Å². The Kier molecular flexibility index (Phi) is 4.44. The molecule has 0 aromatic heterocycles. The molecule has 0 radical (unpaired) electrons. The van der Waals surface area contributed by atoms with Gasteiger partial charge in [0.2, 0.25) is 0 Å². The average molecular weight is 328 g/mol. The van der Waals surface area contributed by atoms with E-state index < -0.39 is 22.3 Å². The molecule has 0 saturated carbocycles. The van der Waals surface area contributed by atoms with E-state index in [4.69, 9.17) is 16.7 Å². The molecule has 0 saturated heterocycles. The maximum Gasteiger partial charge on any atom is 0.338 e. The van der Waals surface area contributed by atoms with Crippen LogP contribution in [0.3, 0.4) is 0 Å². The van der Waals surface area contributed by atoms with Gasteiger partial charge in [-0.15, -0.1) is 0 Å². The van der Waals surface area contributed by atoms with E-state index in [1.165, 1.54) is 18.2 Å². The normalized spacial score (nSPS) is 10.4. The van der Waals surface area contributed by atoms with E-state index in [0.29, 0.717) is 4.90 Å². The second kappa shape index (κ2) is 6.11. The smallest absolute Gasteiger partial charge is 0.338 e. The molecule has 0 amide bonds. The van der Waals surface area contributed by atoms with Gasteiger partial charge in [-0.25, -0.2) is 9.18 Å². The molecule has 0 aliphatic carbocycles. The van der Waals surface area contributed by atoms with E-state index in [1.54, 1.807) is 6.07 Å². The summed E-state index contributed by atoms with van der Waals surface area (Å²) in [7, 11) is 0. The number of nitrogens with zero attached hydrogens (tertiary/aromatic N) is 1. The number of nitro groups is 1. The number of para-hydroxylation sites is 1. The number of nitro benzene ring substituents is 1. The first-order chi connectivity index (χ1) is 9.90. The average Bonchev–Trinajstić information content (AvgIpc) is 2.40. The van der Waals surface area contributed by atoms with Crippen molar-refractivity contribution in [3.05, 3.63) is 62.9 Å². The lowest BCUT2D eigenvalue weighted by Crippen LogP contribution is -2.00. The first kappa shape index (κ1) is 15.3. The predicted molar refractivity (Wildman–Crippen MR) is 75.6 cm³/mol. The molecule has 2 rings (SSSR count). The molecule has 0 fully saturated rings. The molecule has 0 bridgehead atoms. The summed E-state index contributed by atoms with van der Waals surface area (Å²) in [4.78, 5) is 21.9. The maximum atomic E-state index is 13.3. The van der Waals surface area contributed by atoms with Gasteiger partial charge in [0.1, 0.15) is 10.8 Å². The van der Waals surface area contributed by atoms with Gasteiger partial charge in [-0.3, -0.25) is 10.1 Å². The number of benzene rings is 2. The SMILES string of the molecule is O=C(O)c1cc(Sc2cccc(Cl)c2[N+](=O)[O-])ccc1F. The van der Waals surface area contributed by atoms with E-state index in [1.807, 2.05) is 0 Å². The number of rotatable bonds is 4. The van der Waals surface area contributed by atoms with Crippen molar-refractivity contribution in [2.75, 3.05) is 0 Å². The van der Waals surface area contributed by atoms with Crippen LogP contribution >= 0.6 is 23.4 Å². The minimum atomic E-state index is -1.41. The van der Waals surface area contributed by atoms with E-state index >= 15 is 0 Å². The minimum Gasteiger partial charge on any atom is -0.478 e. The van der Waals surface area contributed by atoms with Crippen molar-refractivity contribution in [2.24, 2.45) is 0 Å². The highest BCUT2D eigenvalue weighted by Crippen LogP contribution is 2.39. The molecule has 1 N–H and O–H groups in total. The Hall–Kier alpha value is -2.12. The highest BCUT2D eigenvalue weighted by atomic mass is 35.5. The summed E-state index contributed by atoms with van der Waals surface area (Å²) in [5, 5.41) is 19.9. The summed E-state index contributed by atoms with van der Waals surface area (Å²) in [6.07, 6.45) is 0. The second-order valence-corrected chi connectivity index (χ2v) is 5.42. The number of carbonyl (C=O) groups is 1. The quantitative estimate of drug-likeness (QED) is 0.671. The van der Waals surface area contributed by atoms with Gasteiger partial charge in [0, 0.05) is 4.90 Å². The molecule has 108 valence electrons. The third kappa shape index (κ3) is 3.32. The molecule has 0 atom stereocenters. The molecular formula is C13H7ClFNO4S. The van der Waals surface area contributed by atoms with E-state index in [2.05, 4.69) is 0 Å². The van der Waals surface area contributed by atoms with Crippen molar-refractivity contribution in [2.45, 2.75) is 9.79 Å². The van der Waals surface area contributed by atoms with Gasteiger partial charge < -0.3 is 5.11 Å². The van der Waals surface area contributed by atoms with Gasteiger partial charge in [0.25, 0.3) is 0 Å². The Balaban J connectivity index is 2.44. The van der Waals surface area contributed by atoms with Gasteiger partial charge >= 0.3 is 11.7 Å². The highest BCUT2D eigenvalue weighted by Gasteiger charge is 2.20. The van der Waals surface area contributed by atoms with Crippen molar-refractivity contribution < 1.29 is 19.2 Å². The zero-order valence-electron chi connectivity index (χ0n) is 10.2. The summed E-state index contributed by atoms with van der Waals surface area (Å²) in [5.74, 6) is -2.28. The fourth-order valence-corrected chi connectivity index (χ4v) is 2.91. The largest absolute Gasteiger partial charge is 0.478 e. The Morgan fingerprint density at radius 1 is 1.33 bits per heavy atom. The van der Waals surface area contributed by atoms with Crippen LogP contribution in [0.4, 0.5) is 10.1 Å². The van der Waals surface area contributed by atoms with Gasteiger partial charge in [-0.05, 0) is 30.3 Å². The summed E-state index contributed by atoms with van der Waals surface area (Å²) in [6, 6.07) is 7.88. The number of hydrogen-bond donors (Lipinski definition) is 1. The fourth-order valence-electron chi connectivity index (χ4n) is 1.61. The fraction of sp³-hybridized carbons (Fsp3) is 0. The van der Waals surface area contributed by atoms with E-state index in [9.17, 15) is 19.3 Å². The number of aromatic carboxylic acids is 1. The van der Waals surface area contributed by atoms with Gasteiger partial charge in [-0.2, -0.15) is 0 Å². The van der Waals surface area contributed by atoms with Gasteiger partial charge in [-0.1, -0.05) is 29.4 Å². The van der Waals surface area contributed by atoms with Crippen LogP contribution in [0.25, 0.3) is 0 Å². The van der Waals surface area contributed by atoms with Crippen molar-refractivity contribution >= 4 is 35.0 Å². The number of halogens is 2. The van der Waals surface area contributed by atoms with Crippen LogP contribution in [0.2, 0.25) is 5.02 Å². The first-order valence-electron chi connectivity index (χ1n) is 5.53. The summed E-state index contributed by atoms with van der Waals surface area (Å²) >= 11 is 6.73.